The molecule has 0 saturated carbocycles. The van der Waals surface area contributed by atoms with Gasteiger partial charge in [-0.05, 0) is 25.3 Å². The molecule has 8 heteroatoms. The lowest BCUT2D eigenvalue weighted by atomic mass is 10.1. The van der Waals surface area contributed by atoms with Crippen molar-refractivity contribution in [2.45, 2.75) is 32.4 Å². The second-order valence-corrected chi connectivity index (χ2v) is 6.73. The molecule has 0 aliphatic carbocycles. The first kappa shape index (κ1) is 20.4. The minimum absolute atomic E-state index is 0.0227. The van der Waals surface area contributed by atoms with Gasteiger partial charge in [0.15, 0.2) is 0 Å². The molecule has 3 rings (SSSR count). The van der Waals surface area contributed by atoms with Gasteiger partial charge >= 0.3 is 0 Å². The smallest absolute Gasteiger partial charge is 0.271 e. The summed E-state index contributed by atoms with van der Waals surface area (Å²) in [5.74, 6) is 0.901. The molecule has 0 amide bonds. The molecule has 1 aromatic heterocycles. The molecular formula is C21H23N3O5. The van der Waals surface area contributed by atoms with E-state index in [-0.39, 0.29) is 24.1 Å². The summed E-state index contributed by atoms with van der Waals surface area (Å²) >= 11 is 0. The number of benzene rings is 1. The van der Waals surface area contributed by atoms with Crippen LogP contribution in [0.3, 0.4) is 0 Å². The fourth-order valence-electron chi connectivity index (χ4n) is 3.29. The number of ether oxygens (including phenoxy) is 3. The summed E-state index contributed by atoms with van der Waals surface area (Å²) in [6.07, 6.45) is 2.98. The molecule has 1 atom stereocenters. The maximum absolute atomic E-state index is 12.7. The predicted molar refractivity (Wildman–Crippen MR) is 108 cm³/mol. The third kappa shape index (κ3) is 4.25. The second-order valence-electron chi connectivity index (χ2n) is 6.73. The van der Waals surface area contributed by atoms with E-state index in [1.165, 1.54) is 10.8 Å². The van der Waals surface area contributed by atoms with Crippen molar-refractivity contribution < 1.29 is 19.3 Å². The first-order valence-corrected chi connectivity index (χ1v) is 9.23. The number of hydrogen-bond acceptors (Lipinski definition) is 7. The summed E-state index contributed by atoms with van der Waals surface area (Å²) in [5, 5.41) is 20.2. The quantitative estimate of drug-likeness (QED) is 0.751. The van der Waals surface area contributed by atoms with Crippen molar-refractivity contribution in [3.05, 3.63) is 45.2 Å². The molecule has 1 aliphatic heterocycles. The van der Waals surface area contributed by atoms with Crippen LogP contribution in [-0.2, 0) is 11.3 Å². The highest BCUT2D eigenvalue weighted by molar-refractivity contribution is 5.87. The Bertz CT molecular complexity index is 1010. The van der Waals surface area contributed by atoms with Crippen molar-refractivity contribution in [2.24, 2.45) is 4.99 Å². The Morgan fingerprint density at radius 1 is 1.34 bits per heavy atom. The van der Waals surface area contributed by atoms with Crippen LogP contribution in [0.5, 0.6) is 17.4 Å². The van der Waals surface area contributed by atoms with Crippen molar-refractivity contribution >= 4 is 11.9 Å². The molecule has 1 aliphatic rings. The predicted octanol–water partition coefficient (Wildman–Crippen LogP) is 2.68. The number of methoxy groups -OCH3 is 2. The third-order valence-electron chi connectivity index (χ3n) is 4.94. The van der Waals surface area contributed by atoms with E-state index in [1.807, 2.05) is 6.07 Å². The molecule has 2 aromatic rings. The molecule has 2 heterocycles. The topological polar surface area (TPSA) is 106 Å². The van der Waals surface area contributed by atoms with Gasteiger partial charge in [-0.15, -0.1) is 0 Å². The SMILES string of the molecule is COc1cc(N=Cc2c(C)c(C#N)c(=O)n(C[C@H]3CCCO3)c2O)cc(OC)c1. The Morgan fingerprint density at radius 2 is 2.03 bits per heavy atom. The number of pyridine rings is 1. The van der Waals surface area contributed by atoms with Crippen molar-refractivity contribution in [3.8, 4) is 23.4 Å². The molecule has 0 bridgehead atoms. The van der Waals surface area contributed by atoms with E-state index >= 15 is 0 Å². The number of aliphatic imine (C=N–C) groups is 1. The summed E-state index contributed by atoms with van der Waals surface area (Å²) in [5.41, 5.74) is 0.664. The molecule has 0 unspecified atom stereocenters. The van der Waals surface area contributed by atoms with Gasteiger partial charge in [0.2, 0.25) is 5.88 Å². The van der Waals surface area contributed by atoms with Crippen molar-refractivity contribution in [1.82, 2.24) is 4.57 Å². The van der Waals surface area contributed by atoms with Gasteiger partial charge in [0.1, 0.15) is 23.1 Å². The van der Waals surface area contributed by atoms with Crippen molar-refractivity contribution in [3.63, 3.8) is 0 Å². The fourth-order valence-corrected chi connectivity index (χ4v) is 3.29. The normalized spacial score (nSPS) is 16.1. The van der Waals surface area contributed by atoms with Crippen LogP contribution >= 0.6 is 0 Å². The van der Waals surface area contributed by atoms with Crippen LogP contribution in [0, 0.1) is 18.3 Å². The van der Waals surface area contributed by atoms with E-state index in [1.54, 1.807) is 39.3 Å². The van der Waals surface area contributed by atoms with E-state index in [0.717, 1.165) is 12.8 Å². The highest BCUT2D eigenvalue weighted by Gasteiger charge is 2.23. The molecule has 8 nitrogen and oxygen atoms in total. The van der Waals surface area contributed by atoms with Gasteiger partial charge in [0, 0.05) is 31.0 Å². The van der Waals surface area contributed by atoms with E-state index in [9.17, 15) is 15.2 Å². The molecule has 0 radical (unpaired) electrons. The first-order valence-electron chi connectivity index (χ1n) is 9.23. The average Bonchev–Trinajstić information content (AvgIpc) is 3.24. The molecule has 0 spiro atoms. The lowest BCUT2D eigenvalue weighted by Crippen LogP contribution is -2.29. The molecule has 1 aromatic carbocycles. The zero-order chi connectivity index (χ0) is 21.0. The van der Waals surface area contributed by atoms with Gasteiger partial charge in [0.25, 0.3) is 5.56 Å². The second kappa shape index (κ2) is 8.80. The molecule has 1 fully saturated rings. The van der Waals surface area contributed by atoms with Crippen LogP contribution in [0.2, 0.25) is 0 Å². The van der Waals surface area contributed by atoms with Gasteiger partial charge in [-0.1, -0.05) is 0 Å². The van der Waals surface area contributed by atoms with Crippen LogP contribution in [0.25, 0.3) is 0 Å². The number of hydrogen-bond donors (Lipinski definition) is 1. The van der Waals surface area contributed by atoms with Crippen molar-refractivity contribution in [1.29, 1.82) is 5.26 Å². The number of nitrogens with zero attached hydrogens (tertiary/aromatic N) is 3. The lowest BCUT2D eigenvalue weighted by molar-refractivity contribution is 0.0938. The summed E-state index contributed by atoms with van der Waals surface area (Å²) in [6.45, 7) is 2.43. The number of aromatic nitrogens is 1. The van der Waals surface area contributed by atoms with E-state index in [4.69, 9.17) is 14.2 Å². The summed E-state index contributed by atoms with van der Waals surface area (Å²) < 4.78 is 17.2. The standard InChI is InChI=1S/C21H23N3O5/c1-13-18(10-22)20(25)24(12-15-5-4-6-29-15)21(26)19(13)11-23-14-7-16(27-2)9-17(8-14)28-3/h7-9,11,15,26H,4-6,12H2,1-3H3/t15-/m1/s1. The van der Waals surface area contributed by atoms with Crippen LogP contribution in [0.15, 0.2) is 28.0 Å². The van der Waals surface area contributed by atoms with Gasteiger partial charge < -0.3 is 19.3 Å². The minimum Gasteiger partial charge on any atom is -0.497 e. The average molecular weight is 397 g/mol. The molecule has 152 valence electrons. The lowest BCUT2D eigenvalue weighted by Gasteiger charge is -2.17. The largest absolute Gasteiger partial charge is 0.497 e. The molecule has 29 heavy (non-hydrogen) atoms. The summed E-state index contributed by atoms with van der Waals surface area (Å²) in [6, 6.07) is 7.08. The van der Waals surface area contributed by atoms with E-state index in [0.29, 0.717) is 34.9 Å². The van der Waals surface area contributed by atoms with E-state index in [2.05, 4.69) is 4.99 Å². The molecular weight excluding hydrogens is 374 g/mol. The zero-order valence-electron chi connectivity index (χ0n) is 16.6. The van der Waals surface area contributed by atoms with Crippen LogP contribution in [0.1, 0.15) is 29.5 Å². The Balaban J connectivity index is 2.05. The van der Waals surface area contributed by atoms with Gasteiger partial charge in [-0.3, -0.25) is 14.4 Å². The Hall–Kier alpha value is -3.31. The number of aromatic hydroxyl groups is 1. The monoisotopic (exact) mass is 397 g/mol. The zero-order valence-corrected chi connectivity index (χ0v) is 16.6. The highest BCUT2D eigenvalue weighted by atomic mass is 16.5. The molecule has 1 saturated heterocycles. The van der Waals surface area contributed by atoms with Gasteiger partial charge in [0.05, 0.1) is 38.1 Å². The first-order chi connectivity index (χ1) is 14.0. The van der Waals surface area contributed by atoms with Crippen LogP contribution in [0.4, 0.5) is 5.69 Å². The van der Waals surface area contributed by atoms with Gasteiger partial charge in [-0.25, -0.2) is 0 Å². The fraction of sp³-hybridized carbons (Fsp3) is 0.381. The highest BCUT2D eigenvalue weighted by Crippen LogP contribution is 2.29. The Kier molecular flexibility index (Phi) is 6.20. The Labute approximate surface area is 168 Å². The van der Waals surface area contributed by atoms with Crippen LogP contribution in [-0.4, -0.2) is 42.8 Å². The number of rotatable bonds is 6. The third-order valence-corrected chi connectivity index (χ3v) is 4.94. The summed E-state index contributed by atoms with van der Waals surface area (Å²) in [7, 11) is 3.08. The van der Waals surface area contributed by atoms with Crippen molar-refractivity contribution in [2.75, 3.05) is 20.8 Å². The summed E-state index contributed by atoms with van der Waals surface area (Å²) in [4.78, 5) is 17.1. The van der Waals surface area contributed by atoms with Crippen LogP contribution < -0.4 is 15.0 Å². The van der Waals surface area contributed by atoms with Gasteiger partial charge in [-0.2, -0.15) is 5.26 Å². The maximum atomic E-state index is 12.7. The molecule has 1 N–H and O–H groups in total. The number of nitriles is 1. The maximum Gasteiger partial charge on any atom is 0.271 e. The van der Waals surface area contributed by atoms with E-state index < -0.39 is 5.56 Å². The Morgan fingerprint density at radius 3 is 2.59 bits per heavy atom. The minimum atomic E-state index is -0.529.